The predicted molar refractivity (Wildman–Crippen MR) is 104 cm³/mol. The summed E-state index contributed by atoms with van der Waals surface area (Å²) in [4.78, 5) is 21.2. The number of hydrogen-bond donors (Lipinski definition) is 0. The van der Waals surface area contributed by atoms with Crippen LogP contribution in [0.3, 0.4) is 0 Å². The van der Waals surface area contributed by atoms with Crippen molar-refractivity contribution in [2.45, 2.75) is 0 Å². The third kappa shape index (κ3) is 3.56. The summed E-state index contributed by atoms with van der Waals surface area (Å²) in [7, 11) is 0. The number of hydrogen-bond acceptors (Lipinski definition) is 4. The van der Waals surface area contributed by atoms with E-state index in [9.17, 15) is 4.79 Å². The van der Waals surface area contributed by atoms with Crippen LogP contribution in [-0.2, 0) is 4.79 Å². The molecule has 0 saturated carbocycles. The van der Waals surface area contributed by atoms with Gasteiger partial charge in [-0.05, 0) is 30.3 Å². The van der Waals surface area contributed by atoms with E-state index in [-0.39, 0.29) is 5.91 Å². The minimum atomic E-state index is 0.0620. The summed E-state index contributed by atoms with van der Waals surface area (Å²) >= 11 is 1.61. The van der Waals surface area contributed by atoms with E-state index in [1.807, 2.05) is 47.4 Å². The number of carbonyl (C=O) groups is 1. The summed E-state index contributed by atoms with van der Waals surface area (Å²) < 4.78 is 1.14. The number of amides is 1. The van der Waals surface area contributed by atoms with Crippen molar-refractivity contribution in [3.05, 3.63) is 65.7 Å². The van der Waals surface area contributed by atoms with Gasteiger partial charge in [-0.1, -0.05) is 30.3 Å². The lowest BCUT2D eigenvalue weighted by Gasteiger charge is -2.35. The van der Waals surface area contributed by atoms with Crippen molar-refractivity contribution in [2.75, 3.05) is 31.1 Å². The molecule has 0 bridgehead atoms. The molecular weight excluding hydrogens is 330 g/mol. The van der Waals surface area contributed by atoms with Crippen LogP contribution in [0.2, 0.25) is 0 Å². The Hall–Kier alpha value is -2.66. The average Bonchev–Trinajstić information content (AvgIpc) is 3.10. The second-order valence-corrected chi connectivity index (χ2v) is 7.06. The van der Waals surface area contributed by atoms with Crippen molar-refractivity contribution in [3.8, 4) is 0 Å². The van der Waals surface area contributed by atoms with E-state index < -0.39 is 0 Å². The topological polar surface area (TPSA) is 36.4 Å². The smallest absolute Gasteiger partial charge is 0.246 e. The van der Waals surface area contributed by atoms with E-state index in [1.54, 1.807) is 17.4 Å². The number of aromatic nitrogens is 1. The largest absolute Gasteiger partial charge is 0.368 e. The number of fused-ring (bicyclic) bond motifs is 1. The summed E-state index contributed by atoms with van der Waals surface area (Å²) in [6.45, 7) is 3.23. The van der Waals surface area contributed by atoms with Gasteiger partial charge in [0.15, 0.2) is 0 Å². The molecule has 4 nitrogen and oxygen atoms in total. The van der Waals surface area contributed by atoms with Crippen LogP contribution < -0.4 is 4.90 Å². The lowest BCUT2D eigenvalue weighted by atomic mass is 10.2. The van der Waals surface area contributed by atoms with Crippen LogP contribution in [0.4, 0.5) is 5.69 Å². The Morgan fingerprint density at radius 2 is 1.68 bits per heavy atom. The molecule has 1 aliphatic heterocycles. The molecule has 3 aromatic rings. The molecule has 25 heavy (non-hydrogen) atoms. The van der Waals surface area contributed by atoms with Crippen molar-refractivity contribution in [1.29, 1.82) is 0 Å². The average molecular weight is 349 g/mol. The lowest BCUT2D eigenvalue weighted by molar-refractivity contribution is -0.126. The molecular formula is C20H19N3OS. The molecule has 1 aromatic heterocycles. The van der Waals surface area contributed by atoms with E-state index in [2.05, 4.69) is 28.1 Å². The van der Waals surface area contributed by atoms with Crippen LogP contribution in [0.15, 0.2) is 60.7 Å². The second-order valence-electron chi connectivity index (χ2n) is 6.00. The van der Waals surface area contributed by atoms with Crippen LogP contribution in [0, 0.1) is 0 Å². The highest BCUT2D eigenvalue weighted by molar-refractivity contribution is 7.19. The van der Waals surface area contributed by atoms with Crippen molar-refractivity contribution in [3.63, 3.8) is 0 Å². The maximum Gasteiger partial charge on any atom is 0.246 e. The van der Waals surface area contributed by atoms with Crippen LogP contribution in [-0.4, -0.2) is 42.0 Å². The summed E-state index contributed by atoms with van der Waals surface area (Å²) in [6.07, 6.45) is 3.48. The Kier molecular flexibility index (Phi) is 4.48. The number of piperazine rings is 1. The highest BCUT2D eigenvalue weighted by Crippen LogP contribution is 2.22. The molecule has 1 fully saturated rings. The molecule has 0 spiro atoms. The van der Waals surface area contributed by atoms with E-state index in [1.165, 1.54) is 5.69 Å². The summed E-state index contributed by atoms with van der Waals surface area (Å²) in [5.41, 5.74) is 2.20. The minimum absolute atomic E-state index is 0.0620. The zero-order chi connectivity index (χ0) is 17.1. The fraction of sp³-hybridized carbons (Fsp3) is 0.200. The number of anilines is 1. The second kappa shape index (κ2) is 7.07. The minimum Gasteiger partial charge on any atom is -0.368 e. The first-order chi connectivity index (χ1) is 12.3. The maximum atomic E-state index is 12.4. The molecule has 0 radical (unpaired) electrons. The number of nitrogens with zero attached hydrogens (tertiary/aromatic N) is 3. The van der Waals surface area contributed by atoms with Gasteiger partial charge in [0.25, 0.3) is 0 Å². The first kappa shape index (κ1) is 15.8. The van der Waals surface area contributed by atoms with Gasteiger partial charge in [0.2, 0.25) is 5.91 Å². The molecule has 2 heterocycles. The highest BCUT2D eigenvalue weighted by atomic mass is 32.1. The zero-order valence-corrected chi connectivity index (χ0v) is 14.7. The molecule has 0 N–H and O–H groups in total. The lowest BCUT2D eigenvalue weighted by Crippen LogP contribution is -2.48. The zero-order valence-electron chi connectivity index (χ0n) is 13.8. The predicted octanol–water partition coefficient (Wildman–Crippen LogP) is 3.66. The summed E-state index contributed by atoms with van der Waals surface area (Å²) in [6, 6.07) is 18.4. The fourth-order valence-electron chi connectivity index (χ4n) is 3.03. The molecule has 0 atom stereocenters. The quantitative estimate of drug-likeness (QED) is 0.677. The number of benzene rings is 2. The Morgan fingerprint density at radius 1 is 0.960 bits per heavy atom. The van der Waals surface area contributed by atoms with Crippen LogP contribution in [0.1, 0.15) is 5.01 Å². The SMILES string of the molecule is O=C(C=Cc1nc2ccccc2s1)N1CCN(c2ccccc2)CC1. The van der Waals surface area contributed by atoms with Gasteiger partial charge in [-0.25, -0.2) is 4.98 Å². The molecule has 1 amide bonds. The molecule has 2 aromatic carbocycles. The molecule has 0 unspecified atom stereocenters. The monoisotopic (exact) mass is 349 g/mol. The van der Waals surface area contributed by atoms with Gasteiger partial charge >= 0.3 is 0 Å². The normalized spacial score (nSPS) is 15.2. The molecule has 0 aliphatic carbocycles. The van der Waals surface area contributed by atoms with Crippen LogP contribution in [0.25, 0.3) is 16.3 Å². The third-order valence-electron chi connectivity index (χ3n) is 4.39. The van der Waals surface area contributed by atoms with Gasteiger partial charge in [0.05, 0.1) is 10.2 Å². The summed E-state index contributed by atoms with van der Waals surface area (Å²) in [5.74, 6) is 0.0620. The van der Waals surface area contributed by atoms with Gasteiger partial charge in [-0.15, -0.1) is 11.3 Å². The van der Waals surface area contributed by atoms with E-state index >= 15 is 0 Å². The van der Waals surface area contributed by atoms with Crippen molar-refractivity contribution in [1.82, 2.24) is 9.88 Å². The first-order valence-corrected chi connectivity index (χ1v) is 9.24. The summed E-state index contributed by atoms with van der Waals surface area (Å²) in [5, 5.41) is 0.873. The number of rotatable bonds is 3. The standard InChI is InChI=1S/C20H19N3OS/c24-20(11-10-19-21-17-8-4-5-9-18(17)25-19)23-14-12-22(13-15-23)16-6-2-1-3-7-16/h1-11H,12-15H2. The Bertz CT molecular complexity index is 862. The Balaban J connectivity index is 1.37. The van der Waals surface area contributed by atoms with Gasteiger partial charge in [0, 0.05) is 37.9 Å². The molecule has 1 saturated heterocycles. The molecule has 1 aliphatic rings. The van der Waals surface area contributed by atoms with Gasteiger partial charge in [0.1, 0.15) is 5.01 Å². The fourth-order valence-corrected chi connectivity index (χ4v) is 3.90. The van der Waals surface area contributed by atoms with Crippen LogP contribution >= 0.6 is 11.3 Å². The van der Waals surface area contributed by atoms with Crippen molar-refractivity contribution >= 4 is 39.2 Å². The van der Waals surface area contributed by atoms with Crippen LogP contribution in [0.5, 0.6) is 0 Å². The van der Waals surface area contributed by atoms with Crippen molar-refractivity contribution in [2.24, 2.45) is 0 Å². The number of carbonyl (C=O) groups excluding carboxylic acids is 1. The maximum absolute atomic E-state index is 12.4. The third-order valence-corrected chi connectivity index (χ3v) is 5.39. The Labute approximate surface area is 151 Å². The molecule has 126 valence electrons. The molecule has 4 rings (SSSR count). The number of para-hydroxylation sites is 2. The van der Waals surface area contributed by atoms with Gasteiger partial charge < -0.3 is 9.80 Å². The van der Waals surface area contributed by atoms with E-state index in [0.29, 0.717) is 0 Å². The first-order valence-electron chi connectivity index (χ1n) is 8.42. The van der Waals surface area contributed by atoms with Gasteiger partial charge in [-0.3, -0.25) is 4.79 Å². The van der Waals surface area contributed by atoms with E-state index in [0.717, 1.165) is 41.4 Å². The Morgan fingerprint density at radius 3 is 2.44 bits per heavy atom. The number of thiazole rings is 1. The van der Waals surface area contributed by atoms with Gasteiger partial charge in [-0.2, -0.15) is 0 Å². The highest BCUT2D eigenvalue weighted by Gasteiger charge is 2.19. The molecule has 5 heteroatoms. The van der Waals surface area contributed by atoms with Crippen molar-refractivity contribution < 1.29 is 4.79 Å². The van der Waals surface area contributed by atoms with E-state index in [4.69, 9.17) is 0 Å².